The molecule has 5 aromatic rings. The third kappa shape index (κ3) is 2.62. The molecule has 0 amide bonds. The van der Waals surface area contributed by atoms with Gasteiger partial charge in [-0.1, -0.05) is 30.3 Å². The third-order valence-electron chi connectivity index (χ3n) is 6.77. The lowest BCUT2D eigenvalue weighted by Gasteiger charge is -2.17. The first kappa shape index (κ1) is 19.1. The summed E-state index contributed by atoms with van der Waals surface area (Å²) in [5.74, 6) is -0.256. The number of aryl methyl sites for hydroxylation is 2. The van der Waals surface area contributed by atoms with Crippen molar-refractivity contribution in [1.82, 2.24) is 0 Å². The number of benzene rings is 3. The van der Waals surface area contributed by atoms with E-state index < -0.39 is 0 Å². The standard InChI is InChI=1S/C28H24FN2O/c1-17-10-11-19-20-12-13-22(29)25(21-8-6-7-18-14-16-31(3)26(18)21)28(20)32-27(19)24(17)23-9-4-5-15-30(23)2/h4-13,15H,14,16H2,1-3H3/q+1. The van der Waals surface area contributed by atoms with Crippen LogP contribution in [0.1, 0.15) is 11.1 Å². The number of nitrogens with zero attached hydrogens (tertiary/aromatic N) is 2. The van der Waals surface area contributed by atoms with Gasteiger partial charge in [-0.05, 0) is 42.7 Å². The zero-order valence-electron chi connectivity index (χ0n) is 18.4. The predicted molar refractivity (Wildman–Crippen MR) is 127 cm³/mol. The maximum Gasteiger partial charge on any atom is 0.216 e. The molecule has 6 rings (SSSR count). The van der Waals surface area contributed by atoms with Gasteiger partial charge in [-0.25, -0.2) is 8.96 Å². The Morgan fingerprint density at radius 2 is 1.69 bits per heavy atom. The van der Waals surface area contributed by atoms with E-state index in [0.717, 1.165) is 57.4 Å². The molecule has 0 radical (unpaired) electrons. The van der Waals surface area contributed by atoms with Crippen molar-refractivity contribution < 1.29 is 13.4 Å². The molecule has 0 saturated heterocycles. The second-order valence-electron chi connectivity index (χ2n) is 8.72. The molecule has 0 saturated carbocycles. The number of rotatable bonds is 2. The van der Waals surface area contributed by atoms with Crippen LogP contribution >= 0.6 is 0 Å². The molecule has 2 aromatic heterocycles. The van der Waals surface area contributed by atoms with E-state index in [1.807, 2.05) is 43.6 Å². The Balaban J connectivity index is 1.72. The summed E-state index contributed by atoms with van der Waals surface area (Å²) in [4.78, 5) is 2.21. The highest BCUT2D eigenvalue weighted by molar-refractivity contribution is 6.14. The molecular formula is C28H24FN2O+. The van der Waals surface area contributed by atoms with Crippen molar-refractivity contribution >= 4 is 27.6 Å². The van der Waals surface area contributed by atoms with Crippen LogP contribution in [0, 0.1) is 12.7 Å². The number of halogens is 1. The van der Waals surface area contributed by atoms with Gasteiger partial charge in [0.1, 0.15) is 24.0 Å². The molecule has 0 spiro atoms. The van der Waals surface area contributed by atoms with Crippen LogP contribution in [0.25, 0.3) is 44.3 Å². The van der Waals surface area contributed by atoms with E-state index in [1.54, 1.807) is 6.07 Å². The summed E-state index contributed by atoms with van der Waals surface area (Å²) in [5, 5.41) is 1.95. The molecule has 0 atom stereocenters. The Morgan fingerprint density at radius 3 is 2.50 bits per heavy atom. The normalized spacial score (nSPS) is 13.3. The minimum absolute atomic E-state index is 0.256. The number of anilines is 1. The first-order valence-corrected chi connectivity index (χ1v) is 11.0. The Hall–Kier alpha value is -3.66. The summed E-state index contributed by atoms with van der Waals surface area (Å²) in [5.41, 5.74) is 8.45. The van der Waals surface area contributed by atoms with Gasteiger partial charge in [0.25, 0.3) is 0 Å². The van der Waals surface area contributed by atoms with Gasteiger partial charge in [-0.15, -0.1) is 0 Å². The first-order valence-electron chi connectivity index (χ1n) is 11.0. The van der Waals surface area contributed by atoms with Crippen LogP contribution in [0.15, 0.2) is 71.3 Å². The number of aromatic nitrogens is 1. The van der Waals surface area contributed by atoms with Crippen LogP contribution in [-0.2, 0) is 13.5 Å². The number of furan rings is 1. The van der Waals surface area contributed by atoms with Crippen LogP contribution in [0.4, 0.5) is 10.1 Å². The number of fused-ring (bicyclic) bond motifs is 4. The zero-order chi connectivity index (χ0) is 22.0. The lowest BCUT2D eigenvalue weighted by Crippen LogP contribution is -2.30. The quantitative estimate of drug-likeness (QED) is 0.316. The second kappa shape index (κ2) is 6.92. The molecule has 0 unspecified atom stereocenters. The van der Waals surface area contributed by atoms with Gasteiger partial charge in [-0.2, -0.15) is 0 Å². The van der Waals surface area contributed by atoms with Gasteiger partial charge in [-0.3, -0.25) is 0 Å². The highest BCUT2D eigenvalue weighted by Gasteiger charge is 2.26. The molecule has 3 nitrogen and oxygen atoms in total. The van der Waals surface area contributed by atoms with E-state index in [2.05, 4.69) is 47.7 Å². The minimum Gasteiger partial charge on any atom is -0.454 e. The molecule has 1 aliphatic rings. The van der Waals surface area contributed by atoms with Gasteiger partial charge in [0, 0.05) is 47.7 Å². The van der Waals surface area contributed by atoms with Crippen molar-refractivity contribution in [3.63, 3.8) is 0 Å². The summed E-state index contributed by atoms with van der Waals surface area (Å²) in [6.07, 6.45) is 3.01. The molecule has 158 valence electrons. The first-order chi connectivity index (χ1) is 15.5. The Bertz CT molecular complexity index is 1530. The van der Waals surface area contributed by atoms with E-state index in [1.165, 1.54) is 5.56 Å². The van der Waals surface area contributed by atoms with E-state index in [0.29, 0.717) is 11.1 Å². The molecular weight excluding hydrogens is 399 g/mol. The summed E-state index contributed by atoms with van der Waals surface area (Å²) >= 11 is 0. The average Bonchev–Trinajstić information content (AvgIpc) is 3.35. The number of para-hydroxylation sites is 1. The molecule has 3 aromatic carbocycles. The highest BCUT2D eigenvalue weighted by Crippen LogP contribution is 2.45. The van der Waals surface area contributed by atoms with Crippen molar-refractivity contribution in [2.45, 2.75) is 13.3 Å². The number of hydrogen-bond acceptors (Lipinski definition) is 2. The van der Waals surface area contributed by atoms with Crippen molar-refractivity contribution in [1.29, 1.82) is 0 Å². The Labute approximate surface area is 186 Å². The maximum atomic E-state index is 15.4. The molecule has 0 bridgehead atoms. The topological polar surface area (TPSA) is 20.3 Å². The van der Waals surface area contributed by atoms with E-state index in [-0.39, 0.29) is 5.82 Å². The summed E-state index contributed by atoms with van der Waals surface area (Å²) in [6, 6.07) is 19.9. The van der Waals surface area contributed by atoms with Crippen LogP contribution in [0.3, 0.4) is 0 Å². The molecule has 0 N–H and O–H groups in total. The van der Waals surface area contributed by atoms with Crippen LogP contribution in [0.5, 0.6) is 0 Å². The lowest BCUT2D eigenvalue weighted by atomic mass is 9.96. The van der Waals surface area contributed by atoms with Crippen molar-refractivity contribution in [2.24, 2.45) is 7.05 Å². The highest BCUT2D eigenvalue weighted by atomic mass is 19.1. The fraction of sp³-hybridized carbons (Fsp3) is 0.179. The van der Waals surface area contributed by atoms with Gasteiger partial charge in [0.15, 0.2) is 6.20 Å². The molecule has 3 heterocycles. The van der Waals surface area contributed by atoms with Crippen LogP contribution < -0.4 is 9.47 Å². The second-order valence-corrected chi connectivity index (χ2v) is 8.72. The SMILES string of the molecule is Cc1ccc2c(oc3c(-c4cccc5c4N(C)CC5)c(F)ccc32)c1-c1cccc[n+]1C. The maximum absolute atomic E-state index is 15.4. The molecule has 32 heavy (non-hydrogen) atoms. The fourth-order valence-electron chi connectivity index (χ4n) is 5.18. The molecule has 4 heteroatoms. The molecule has 1 aliphatic heterocycles. The Morgan fingerprint density at radius 1 is 0.906 bits per heavy atom. The van der Waals surface area contributed by atoms with Crippen LogP contribution in [-0.4, -0.2) is 13.6 Å². The number of likely N-dealkylation sites (N-methyl/N-ethyl adjacent to an activating group) is 1. The number of pyridine rings is 1. The van der Waals surface area contributed by atoms with E-state index >= 15 is 4.39 Å². The zero-order valence-corrected chi connectivity index (χ0v) is 18.4. The summed E-state index contributed by atoms with van der Waals surface area (Å²) in [7, 11) is 4.10. The summed E-state index contributed by atoms with van der Waals surface area (Å²) < 4.78 is 24.1. The van der Waals surface area contributed by atoms with Crippen molar-refractivity contribution in [3.8, 4) is 22.4 Å². The molecule has 0 aliphatic carbocycles. The number of hydrogen-bond donors (Lipinski definition) is 0. The van der Waals surface area contributed by atoms with Gasteiger partial charge in [0.05, 0.1) is 11.1 Å². The third-order valence-corrected chi connectivity index (χ3v) is 6.77. The largest absolute Gasteiger partial charge is 0.454 e. The summed E-state index contributed by atoms with van der Waals surface area (Å²) in [6.45, 7) is 3.04. The predicted octanol–water partition coefficient (Wildman–Crippen LogP) is 6.18. The van der Waals surface area contributed by atoms with Crippen molar-refractivity contribution in [3.05, 3.63) is 83.8 Å². The Kier molecular flexibility index (Phi) is 4.12. The van der Waals surface area contributed by atoms with E-state index in [4.69, 9.17) is 4.42 Å². The van der Waals surface area contributed by atoms with Gasteiger partial charge < -0.3 is 9.32 Å². The van der Waals surface area contributed by atoms with E-state index in [9.17, 15) is 0 Å². The molecule has 0 fully saturated rings. The average molecular weight is 424 g/mol. The smallest absolute Gasteiger partial charge is 0.216 e. The minimum atomic E-state index is -0.256. The van der Waals surface area contributed by atoms with Gasteiger partial charge in [0.2, 0.25) is 5.69 Å². The lowest BCUT2D eigenvalue weighted by molar-refractivity contribution is -0.660. The monoisotopic (exact) mass is 423 g/mol. The van der Waals surface area contributed by atoms with Crippen LogP contribution in [0.2, 0.25) is 0 Å². The van der Waals surface area contributed by atoms with Crippen molar-refractivity contribution in [2.75, 3.05) is 18.5 Å². The fourth-order valence-corrected chi connectivity index (χ4v) is 5.18. The van der Waals surface area contributed by atoms with Gasteiger partial charge >= 0.3 is 0 Å².